The second kappa shape index (κ2) is 9.16. The molecule has 0 saturated carbocycles. The number of esters is 1. The number of nitrogens with two attached hydrogens (primary N) is 1. The number of hydrogen-bond donors (Lipinski definition) is 2. The Hall–Kier alpha value is -2.46. The van der Waals surface area contributed by atoms with Crippen molar-refractivity contribution in [2.24, 2.45) is 11.7 Å². The van der Waals surface area contributed by atoms with Crippen molar-refractivity contribution in [1.82, 2.24) is 9.62 Å². The van der Waals surface area contributed by atoms with E-state index < -0.39 is 40.0 Å². The molecule has 0 aromatic heterocycles. The van der Waals surface area contributed by atoms with E-state index in [9.17, 15) is 22.8 Å². The van der Waals surface area contributed by atoms with Gasteiger partial charge in [0, 0.05) is 13.1 Å². The van der Waals surface area contributed by atoms with E-state index in [1.54, 1.807) is 13.8 Å². The van der Waals surface area contributed by atoms with Crippen LogP contribution in [0.25, 0.3) is 0 Å². The van der Waals surface area contributed by atoms with E-state index in [0.29, 0.717) is 13.1 Å². The number of hydrogen-bond acceptors (Lipinski definition) is 6. The number of carbonyl (C=O) groups is 3. The highest BCUT2D eigenvalue weighted by Gasteiger charge is 2.29. The molecule has 2 rings (SSSR count). The van der Waals surface area contributed by atoms with E-state index in [0.717, 1.165) is 19.3 Å². The summed E-state index contributed by atoms with van der Waals surface area (Å²) in [5.74, 6) is -2.03. The summed E-state index contributed by atoms with van der Waals surface area (Å²) in [5.41, 5.74) is 5.01. The number of imide groups is 1. The number of piperidine rings is 1. The van der Waals surface area contributed by atoms with Gasteiger partial charge in [-0.2, -0.15) is 4.31 Å². The van der Waals surface area contributed by atoms with Crippen LogP contribution in [0.5, 0.6) is 0 Å². The molecule has 3 N–H and O–H groups in total. The Morgan fingerprint density at radius 1 is 1.07 bits per heavy atom. The Morgan fingerprint density at radius 2 is 1.64 bits per heavy atom. The van der Waals surface area contributed by atoms with Crippen molar-refractivity contribution in [1.29, 1.82) is 0 Å². The van der Waals surface area contributed by atoms with Gasteiger partial charge in [-0.05, 0) is 43.0 Å². The highest BCUT2D eigenvalue weighted by atomic mass is 32.2. The first-order valence-corrected chi connectivity index (χ1v) is 10.5. The highest BCUT2D eigenvalue weighted by molar-refractivity contribution is 7.89. The Balaban J connectivity index is 2.12. The summed E-state index contributed by atoms with van der Waals surface area (Å²) < 4.78 is 31.9. The summed E-state index contributed by atoms with van der Waals surface area (Å²) in [6.45, 7) is 4.26. The molecule has 1 heterocycles. The smallest absolute Gasteiger partial charge is 0.338 e. The van der Waals surface area contributed by atoms with Crippen molar-refractivity contribution in [2.45, 2.75) is 44.1 Å². The zero-order chi connectivity index (χ0) is 20.9. The Kier molecular flexibility index (Phi) is 7.14. The number of nitrogens with zero attached hydrogens (tertiary/aromatic N) is 1. The number of carbonyl (C=O) groups excluding carboxylic acids is 3. The van der Waals surface area contributed by atoms with Gasteiger partial charge in [0.25, 0.3) is 5.91 Å². The molecule has 1 atom stereocenters. The summed E-state index contributed by atoms with van der Waals surface area (Å²) in [6, 6.07) is 4.31. The van der Waals surface area contributed by atoms with Gasteiger partial charge in [-0.25, -0.2) is 18.0 Å². The van der Waals surface area contributed by atoms with Crippen molar-refractivity contribution in [3.05, 3.63) is 29.8 Å². The van der Waals surface area contributed by atoms with E-state index >= 15 is 0 Å². The van der Waals surface area contributed by atoms with Crippen LogP contribution in [0.3, 0.4) is 0 Å². The van der Waals surface area contributed by atoms with Crippen molar-refractivity contribution < 1.29 is 27.5 Å². The summed E-state index contributed by atoms with van der Waals surface area (Å²) in [5, 5.41) is 1.88. The van der Waals surface area contributed by atoms with Crippen LogP contribution in [0.4, 0.5) is 4.79 Å². The molecule has 1 fully saturated rings. The van der Waals surface area contributed by atoms with Gasteiger partial charge in [0.1, 0.15) is 0 Å². The average molecular weight is 411 g/mol. The first-order valence-electron chi connectivity index (χ1n) is 9.04. The maximum Gasteiger partial charge on any atom is 0.338 e. The van der Waals surface area contributed by atoms with Gasteiger partial charge in [0.05, 0.1) is 10.5 Å². The summed E-state index contributed by atoms with van der Waals surface area (Å²) in [6.07, 6.45) is 1.45. The van der Waals surface area contributed by atoms with Gasteiger partial charge in [-0.15, -0.1) is 0 Å². The topological polar surface area (TPSA) is 136 Å². The standard InChI is InChI=1S/C18H25N3O6S/c1-12(2)15(16(22)20-18(19)24)27-17(23)13-6-8-14(9-7-13)28(25,26)21-10-4-3-5-11-21/h6-9,12,15H,3-5,10-11H2,1-2H3,(H3,19,20,22,24)/t15-/m1/s1. The quantitative estimate of drug-likeness (QED) is 0.676. The molecule has 0 bridgehead atoms. The van der Waals surface area contributed by atoms with Gasteiger partial charge >= 0.3 is 12.0 Å². The number of ether oxygens (including phenoxy) is 1. The predicted octanol–water partition coefficient (Wildman–Crippen LogP) is 1.24. The van der Waals surface area contributed by atoms with Crippen LogP contribution >= 0.6 is 0 Å². The third-order valence-corrected chi connectivity index (χ3v) is 6.30. The molecular weight excluding hydrogens is 386 g/mol. The van der Waals surface area contributed by atoms with E-state index in [1.807, 2.05) is 5.32 Å². The molecule has 1 aliphatic rings. The number of benzene rings is 1. The number of amides is 3. The Morgan fingerprint density at radius 3 is 2.14 bits per heavy atom. The van der Waals surface area contributed by atoms with E-state index in [1.165, 1.54) is 28.6 Å². The molecule has 1 saturated heterocycles. The Labute approximate surface area is 164 Å². The summed E-state index contributed by atoms with van der Waals surface area (Å²) in [7, 11) is -3.60. The molecule has 0 unspecified atom stereocenters. The lowest BCUT2D eigenvalue weighted by Gasteiger charge is -2.25. The molecule has 0 radical (unpaired) electrons. The number of nitrogens with one attached hydrogen (secondary N) is 1. The number of sulfonamides is 1. The fourth-order valence-electron chi connectivity index (χ4n) is 2.89. The zero-order valence-corrected chi connectivity index (χ0v) is 16.7. The fourth-order valence-corrected chi connectivity index (χ4v) is 4.40. The van der Waals surface area contributed by atoms with Crippen molar-refractivity contribution >= 4 is 27.9 Å². The molecule has 154 valence electrons. The predicted molar refractivity (Wildman–Crippen MR) is 101 cm³/mol. The molecule has 1 aliphatic heterocycles. The molecule has 10 heteroatoms. The third kappa shape index (κ3) is 5.29. The van der Waals surface area contributed by atoms with Crippen molar-refractivity contribution in [3.8, 4) is 0 Å². The molecule has 9 nitrogen and oxygen atoms in total. The molecular formula is C18H25N3O6S. The summed E-state index contributed by atoms with van der Waals surface area (Å²) >= 11 is 0. The number of primary amides is 1. The van der Waals surface area contributed by atoms with Crippen molar-refractivity contribution in [2.75, 3.05) is 13.1 Å². The van der Waals surface area contributed by atoms with Gasteiger partial charge < -0.3 is 10.5 Å². The van der Waals surface area contributed by atoms with E-state index in [-0.39, 0.29) is 10.5 Å². The minimum absolute atomic E-state index is 0.0927. The zero-order valence-electron chi connectivity index (χ0n) is 15.9. The van der Waals surface area contributed by atoms with Crippen LogP contribution in [0.1, 0.15) is 43.5 Å². The van der Waals surface area contributed by atoms with Gasteiger partial charge in [-0.3, -0.25) is 10.1 Å². The highest BCUT2D eigenvalue weighted by Crippen LogP contribution is 2.21. The molecule has 0 spiro atoms. The van der Waals surface area contributed by atoms with Crippen LogP contribution in [-0.2, 0) is 19.6 Å². The van der Waals surface area contributed by atoms with Crippen LogP contribution in [0, 0.1) is 5.92 Å². The lowest BCUT2D eigenvalue weighted by Crippen LogP contribution is -2.45. The SMILES string of the molecule is CC(C)[C@@H](OC(=O)c1ccc(S(=O)(=O)N2CCCCC2)cc1)C(=O)NC(N)=O. The van der Waals surface area contributed by atoms with Gasteiger partial charge in [0.2, 0.25) is 10.0 Å². The van der Waals surface area contributed by atoms with E-state index in [4.69, 9.17) is 10.5 Å². The fraction of sp³-hybridized carbons (Fsp3) is 0.500. The van der Waals surface area contributed by atoms with Crippen molar-refractivity contribution in [3.63, 3.8) is 0 Å². The number of urea groups is 1. The maximum atomic E-state index is 12.6. The second-order valence-corrected chi connectivity index (χ2v) is 8.85. The second-order valence-electron chi connectivity index (χ2n) is 6.91. The Bertz CT molecular complexity index is 829. The molecule has 3 amide bonds. The average Bonchev–Trinajstić information content (AvgIpc) is 2.65. The largest absolute Gasteiger partial charge is 0.448 e. The van der Waals surface area contributed by atoms with Crippen LogP contribution in [0.15, 0.2) is 29.2 Å². The molecule has 1 aromatic carbocycles. The lowest BCUT2D eigenvalue weighted by atomic mass is 10.1. The number of rotatable bonds is 6. The minimum atomic E-state index is -3.60. The van der Waals surface area contributed by atoms with E-state index in [2.05, 4.69) is 0 Å². The molecule has 1 aromatic rings. The third-order valence-electron chi connectivity index (χ3n) is 4.39. The molecule has 28 heavy (non-hydrogen) atoms. The monoisotopic (exact) mass is 411 g/mol. The van der Waals surface area contributed by atoms with Crippen LogP contribution in [0.2, 0.25) is 0 Å². The first-order chi connectivity index (χ1) is 13.1. The minimum Gasteiger partial charge on any atom is -0.448 e. The maximum absolute atomic E-state index is 12.6. The van der Waals surface area contributed by atoms with Gasteiger partial charge in [0.15, 0.2) is 6.10 Å². The van der Waals surface area contributed by atoms with Crippen LogP contribution < -0.4 is 11.1 Å². The molecule has 0 aliphatic carbocycles. The summed E-state index contributed by atoms with van der Waals surface area (Å²) in [4.78, 5) is 35.2. The lowest BCUT2D eigenvalue weighted by molar-refractivity contribution is -0.130. The normalized spacial score (nSPS) is 16.4. The first kappa shape index (κ1) is 21.8. The van der Waals surface area contributed by atoms with Crippen LogP contribution in [-0.4, -0.2) is 49.8 Å². The van der Waals surface area contributed by atoms with Gasteiger partial charge in [-0.1, -0.05) is 20.3 Å².